The van der Waals surface area contributed by atoms with Crippen LogP contribution in [0, 0.1) is 0 Å². The second-order valence-corrected chi connectivity index (χ2v) is 18.1. The van der Waals surface area contributed by atoms with Crippen LogP contribution in [0.3, 0.4) is 0 Å². The minimum Gasteiger partial charge on any atom is -0.483 e. The van der Waals surface area contributed by atoms with E-state index in [1.807, 2.05) is 408 Å². The van der Waals surface area contributed by atoms with Crippen molar-refractivity contribution < 1.29 is 19.1 Å². The highest BCUT2D eigenvalue weighted by Gasteiger charge is 1.93. The lowest BCUT2D eigenvalue weighted by Crippen LogP contribution is -2.19. The van der Waals surface area contributed by atoms with E-state index in [2.05, 4.69) is 100 Å². The number of rotatable bonds is 0. The SMILES string of the molecule is C1=CNNC1.C1=NCCC1.C1=NCCCN1.C1=NCCCO1.C1=NCCCS1.C1=NCCN1.C1=NCCO1.C1=NCCS1.C1=NNCCC1.C1=NOCC1.C1=NOCCC1.C1=NSCC1.C1=NSCCC1.CC.CC.CC.CC.CC.CC.CC.CC.CC.CC.CC.CC.CC.CC.CC.CC.CC.CC.CC.CC.CC.CC.CC.CC.CC.CC. The molecule has 0 saturated heterocycles. The van der Waals surface area contributed by atoms with Gasteiger partial charge in [-0.2, -0.15) is 5.10 Å². The van der Waals surface area contributed by atoms with Gasteiger partial charge in [-0.05, 0) is 101 Å². The Morgan fingerprint density at radius 2 is 0.675 bits per heavy atom. The van der Waals surface area contributed by atoms with Gasteiger partial charge >= 0.3 is 0 Å². The van der Waals surface area contributed by atoms with E-state index in [-0.39, 0.29) is 0 Å². The number of hydrogen-bond acceptors (Lipinski definition) is 25. The Labute approximate surface area is 798 Å². The number of thioether (sulfide) groups is 2. The molecule has 0 unspecified atom stereocenters. The number of hydrazone groups is 1. The molecular weight excluding hydrogens is 1610 g/mol. The summed E-state index contributed by atoms with van der Waals surface area (Å²) >= 11 is 6.89. The van der Waals surface area contributed by atoms with Gasteiger partial charge in [-0.15, -0.1) is 23.5 Å². The van der Waals surface area contributed by atoms with Crippen LogP contribution in [-0.2, 0) is 19.1 Å². The smallest absolute Gasteiger partial charge is 0.169 e. The Morgan fingerprint density at radius 1 is 0.268 bits per heavy atom. The van der Waals surface area contributed by atoms with Crippen LogP contribution in [0.5, 0.6) is 0 Å². The molecule has 21 nitrogen and oxygen atoms in total. The van der Waals surface area contributed by atoms with Gasteiger partial charge in [-0.1, -0.05) is 376 Å². The minimum atomic E-state index is 0.778. The van der Waals surface area contributed by atoms with Gasteiger partial charge in [0, 0.05) is 132 Å². The summed E-state index contributed by atoms with van der Waals surface area (Å²) in [6.45, 7) is 118. The molecule has 25 heteroatoms. The number of aliphatic imine (C=N–C) groups is 7. The van der Waals surface area contributed by atoms with Gasteiger partial charge in [0.05, 0.1) is 43.5 Å². The lowest BCUT2D eigenvalue weighted by atomic mass is 10.3. The number of hydrazine groups is 1. The first-order valence-electron chi connectivity index (χ1n) is 50.7. The van der Waals surface area contributed by atoms with Crippen LogP contribution in [0.4, 0.5) is 0 Å². The number of nitrogens with zero attached hydrogens (tertiary/aromatic N) is 12. The maximum absolute atomic E-state index is 4.78. The molecule has 0 radical (unpaired) electrons. The fraction of sp³-hybridized carbons (Fsp3) is 0.857. The normalized spacial score (nSPS) is 12.9. The summed E-state index contributed by atoms with van der Waals surface area (Å²) in [5.74, 6) is 4.88. The average Bonchev–Trinajstić information content (AvgIpc) is 2.11. The highest BCUT2D eigenvalue weighted by atomic mass is 32.2. The van der Waals surface area contributed by atoms with Crippen molar-refractivity contribution in [1.82, 2.24) is 26.9 Å². The molecule has 123 heavy (non-hydrogen) atoms. The zero-order valence-corrected chi connectivity index (χ0v) is 97.1. The number of nitrogens with one attached hydrogen (secondary N) is 5. The zero-order chi connectivity index (χ0) is 102. The Kier molecular flexibility index (Phi) is 561. The van der Waals surface area contributed by atoms with Crippen molar-refractivity contribution in [3.63, 3.8) is 0 Å². The van der Waals surface area contributed by atoms with Crippen molar-refractivity contribution >= 4 is 121 Å². The monoisotopic (exact) mass is 1850 g/mol. The summed E-state index contributed by atoms with van der Waals surface area (Å²) in [6, 6.07) is 0. The predicted octanol–water partition coefficient (Wildman–Crippen LogP) is 33.3. The van der Waals surface area contributed by atoms with E-state index in [9.17, 15) is 0 Å². The van der Waals surface area contributed by atoms with Crippen LogP contribution in [0.15, 0.2) is 71.4 Å². The molecule has 0 bridgehead atoms. The second-order valence-electron chi connectivity index (χ2n) is 14.4. The van der Waals surface area contributed by atoms with E-state index < -0.39 is 0 Å². The van der Waals surface area contributed by atoms with Crippen LogP contribution in [0.25, 0.3) is 0 Å². The molecule has 0 fully saturated rings. The fourth-order valence-corrected chi connectivity index (χ4v) is 6.93. The van der Waals surface area contributed by atoms with Gasteiger partial charge in [-0.3, -0.25) is 34.9 Å². The molecule has 13 rings (SSSR count). The molecule has 0 aromatic carbocycles. The van der Waals surface area contributed by atoms with Crippen molar-refractivity contribution in [2.75, 3.05) is 121 Å². The molecule has 0 spiro atoms. The van der Waals surface area contributed by atoms with E-state index >= 15 is 0 Å². The number of hydrogen-bond donors (Lipinski definition) is 5. The quantitative estimate of drug-likeness (QED) is 0.142. The van der Waals surface area contributed by atoms with Crippen LogP contribution in [0.2, 0.25) is 0 Å². The maximum Gasteiger partial charge on any atom is 0.169 e. The van der Waals surface area contributed by atoms with Gasteiger partial charge in [0.2, 0.25) is 0 Å². The summed E-state index contributed by atoms with van der Waals surface area (Å²) in [4.78, 5) is 36.4. The lowest BCUT2D eigenvalue weighted by Gasteiger charge is -2.01. The van der Waals surface area contributed by atoms with Crippen LogP contribution >= 0.6 is 47.4 Å². The number of ether oxygens (including phenoxy) is 2. The molecule has 5 N–H and O–H groups in total. The minimum absolute atomic E-state index is 0.778. The Morgan fingerprint density at radius 3 is 0.780 bits per heavy atom. The first-order valence-corrected chi connectivity index (χ1v) is 54.7. The maximum atomic E-state index is 4.78. The molecule has 0 aliphatic carbocycles. The molecule has 0 aromatic heterocycles. The average molecular weight is 1850 g/mol. The molecule has 13 aliphatic rings. The van der Waals surface area contributed by atoms with E-state index in [0.717, 1.165) is 131 Å². The van der Waals surface area contributed by atoms with E-state index in [4.69, 9.17) is 4.74 Å². The summed E-state index contributed by atoms with van der Waals surface area (Å²) in [5.41, 5.74) is 12.3. The predicted molar refractivity (Wildman–Crippen MR) is 609 cm³/mol. The third-order valence-corrected chi connectivity index (χ3v) is 11.2. The van der Waals surface area contributed by atoms with Gasteiger partial charge in [-0.25, -0.2) is 14.2 Å². The summed E-state index contributed by atoms with van der Waals surface area (Å²) in [5, 5.41) is 16.7. The van der Waals surface area contributed by atoms with E-state index in [1.165, 1.54) is 87.2 Å². The van der Waals surface area contributed by atoms with Crippen LogP contribution in [0.1, 0.15) is 444 Å². The van der Waals surface area contributed by atoms with Crippen molar-refractivity contribution in [1.29, 1.82) is 0 Å². The van der Waals surface area contributed by atoms with Crippen LogP contribution < -0.4 is 26.9 Å². The molecule has 0 saturated carbocycles. The van der Waals surface area contributed by atoms with E-state index in [1.54, 1.807) is 72.5 Å². The number of oxime groups is 2. The summed E-state index contributed by atoms with van der Waals surface area (Å²) in [6.07, 6.45) is 37.1. The largest absolute Gasteiger partial charge is 0.483 e. The lowest BCUT2D eigenvalue weighted by molar-refractivity contribution is 0.134. The first-order chi connectivity index (χ1) is 61.5. The highest BCUT2D eigenvalue weighted by molar-refractivity contribution is 8.12. The Hall–Kier alpha value is -4.46. The topological polar surface area (TPSA) is 245 Å². The van der Waals surface area contributed by atoms with Gasteiger partial charge in [0.1, 0.15) is 19.8 Å². The Bertz CT molecular complexity index is 1170. The summed E-state index contributed by atoms with van der Waals surface area (Å²) in [7, 11) is 0. The van der Waals surface area contributed by atoms with Crippen molar-refractivity contribution in [3.8, 4) is 0 Å². The zero-order valence-electron chi connectivity index (χ0n) is 93.8. The highest BCUT2D eigenvalue weighted by Crippen LogP contribution is 2.09. The van der Waals surface area contributed by atoms with Gasteiger partial charge in [0.25, 0.3) is 0 Å². The second kappa shape index (κ2) is 361. The molecule has 764 valence electrons. The molecule has 13 aliphatic heterocycles. The Balaban J connectivity index is -0.0000000331. The molecule has 0 amide bonds. The first kappa shape index (κ1) is 191. The van der Waals surface area contributed by atoms with Gasteiger partial charge < -0.3 is 40.6 Å². The van der Waals surface area contributed by atoms with Gasteiger partial charge in [0.15, 0.2) is 12.8 Å². The third kappa shape index (κ3) is 354. The molecule has 0 atom stereocenters. The fourth-order valence-electron chi connectivity index (χ4n) is 4.65. The standard InChI is InChI=1S/2C4H8N2.2C4H7NO.2C4H7NS.C4H7N.2C3H6N2.2C3H5NO.2C3H5NS.26C2H6/c1-2-5-4-6-3-1;1-2-4-6-5-3-1;1-2-5-4-6-3-1;1-2-4-6-5-3-1;1-2-5-4-6-3-1;1-2-4-6-5-3-1;1-2-4-5-3-1;1-2-5-3-4-1;1-2-4-5-3-1;1-2-5-3-4-1;1-2-4-5-3-1;1-2-5-3-4-1;1-2-4-5-3-1;26*1-2/h4H,1-3H2,(H,5,6);3,6H,1-2,4H2;4H,1-3H2;3H,1-2,4H2;4H,1-3H2;3H,1-2,4H2;3H,1-2,4H2;3H,1-2H2,(H,4,5);1-2,4-5H,3H2;3H,1-2H2;2H,1,3H2;3H,1-2H2;2H,1,3H2;26*1-2H3. The summed E-state index contributed by atoms with van der Waals surface area (Å²) < 4.78 is 17.3. The van der Waals surface area contributed by atoms with Crippen molar-refractivity contribution in [2.24, 2.45) is 59.2 Å². The van der Waals surface area contributed by atoms with Crippen molar-refractivity contribution in [2.45, 2.75) is 444 Å². The third-order valence-electron chi connectivity index (χ3n) is 8.22. The van der Waals surface area contributed by atoms with Crippen molar-refractivity contribution in [3.05, 3.63) is 12.3 Å². The molecule has 0 aromatic rings. The van der Waals surface area contributed by atoms with Crippen LogP contribution in [-0.4, -0.2) is 195 Å². The van der Waals surface area contributed by atoms with E-state index in [0.29, 0.717) is 0 Å². The molecule has 13 heterocycles. The molecular formula is C98H239N17O4S4.